The number of hydrogen-bond donors (Lipinski definition) is 2. The number of aromatic nitrogens is 2. The maximum Gasteiger partial charge on any atom is 0.354 e. The molecule has 1 atom stereocenters. The van der Waals surface area contributed by atoms with E-state index in [9.17, 15) is 9.00 Å². The third kappa shape index (κ3) is 5.69. The van der Waals surface area contributed by atoms with E-state index in [4.69, 9.17) is 5.14 Å². The Morgan fingerprint density at radius 3 is 2.12 bits per heavy atom. The van der Waals surface area contributed by atoms with Crippen LogP contribution in [0.15, 0.2) is 57.9 Å². The van der Waals surface area contributed by atoms with E-state index < -0.39 is 15.9 Å². The minimum Gasteiger partial charge on any atom is -0.305 e. The fourth-order valence-corrected chi connectivity index (χ4v) is 4.61. The van der Waals surface area contributed by atoms with E-state index in [0.29, 0.717) is 10.6 Å². The topological polar surface area (TPSA) is 102 Å². The molecule has 1 heterocycles. The van der Waals surface area contributed by atoms with Crippen LogP contribution in [0.25, 0.3) is 11.3 Å². The molecule has 0 aliphatic rings. The van der Waals surface area contributed by atoms with Crippen LogP contribution in [0.1, 0.15) is 63.1 Å². The third-order valence-electron chi connectivity index (χ3n) is 5.57. The first kappa shape index (κ1) is 24.7. The first-order valence-corrected chi connectivity index (χ1v) is 12.7. The Hall–Kier alpha value is -2.97. The van der Waals surface area contributed by atoms with E-state index in [-0.39, 0.29) is 11.8 Å². The van der Waals surface area contributed by atoms with E-state index in [2.05, 4.69) is 42.5 Å². The van der Waals surface area contributed by atoms with Gasteiger partial charge in [-0.3, -0.25) is 4.68 Å². The van der Waals surface area contributed by atoms with Crippen LogP contribution in [0.4, 0.5) is 10.5 Å². The Labute approximate surface area is 196 Å². The van der Waals surface area contributed by atoms with Gasteiger partial charge in [0.05, 0.1) is 10.6 Å². The van der Waals surface area contributed by atoms with Gasteiger partial charge >= 0.3 is 6.03 Å². The Morgan fingerprint density at radius 2 is 1.67 bits per heavy atom. The monoisotopic (exact) mass is 467 g/mol. The minimum absolute atomic E-state index is 0.130. The molecule has 8 heteroatoms. The van der Waals surface area contributed by atoms with Gasteiger partial charge in [-0.1, -0.05) is 46.8 Å². The molecule has 0 saturated carbocycles. The number of anilines is 1. The first-order chi connectivity index (χ1) is 15.5. The zero-order valence-corrected chi connectivity index (χ0v) is 20.9. The molecular weight excluding hydrogens is 434 g/mol. The number of nitrogens with zero attached hydrogens (tertiary/aromatic N) is 3. The molecule has 7 nitrogen and oxygen atoms in total. The van der Waals surface area contributed by atoms with Crippen LogP contribution in [-0.4, -0.2) is 20.0 Å². The van der Waals surface area contributed by atoms with E-state index in [1.807, 2.05) is 50.5 Å². The highest BCUT2D eigenvalue weighted by Gasteiger charge is 2.20. The van der Waals surface area contributed by atoms with Crippen LogP contribution in [-0.2, 0) is 23.4 Å². The second-order valence-electron chi connectivity index (χ2n) is 8.80. The van der Waals surface area contributed by atoms with Gasteiger partial charge in [0.15, 0.2) is 0 Å². The summed E-state index contributed by atoms with van der Waals surface area (Å²) in [6.45, 7) is 10.3. The Bertz CT molecular complexity index is 1240. The molecule has 176 valence electrons. The fraction of sp³-hybridized carbons (Fsp3) is 0.360. The van der Waals surface area contributed by atoms with Gasteiger partial charge in [0.25, 0.3) is 0 Å². The zero-order valence-electron chi connectivity index (χ0n) is 20.1. The number of carbonyl (C=O) groups is 1. The second-order valence-corrected chi connectivity index (χ2v) is 10.6. The molecule has 3 rings (SSSR count). The number of rotatable bonds is 6. The van der Waals surface area contributed by atoms with Crippen molar-refractivity contribution >= 4 is 21.6 Å². The van der Waals surface area contributed by atoms with Crippen LogP contribution in [0.2, 0.25) is 0 Å². The van der Waals surface area contributed by atoms with E-state index in [1.165, 1.54) is 0 Å². The van der Waals surface area contributed by atoms with Gasteiger partial charge < -0.3 is 5.32 Å². The van der Waals surface area contributed by atoms with Gasteiger partial charge in [0.2, 0.25) is 0 Å². The van der Waals surface area contributed by atoms with Gasteiger partial charge in [0.1, 0.15) is 9.92 Å². The average molecular weight is 468 g/mol. The molecule has 1 unspecified atom stereocenters. The standard InChI is InChI=1S/C25H33N5O2S/c1-7-18-8-10-20(11-9-18)33(26,32)29-25(31)27-24-21(16(2)3)14-19(15-22(24)17(4)5)23-12-13-30(6)28-23/h8-17H,7H2,1-6H3,(H3,26,27,29,31,32). The lowest BCUT2D eigenvalue weighted by molar-refractivity contribution is 0.260. The quantitative estimate of drug-likeness (QED) is 0.477. The van der Waals surface area contributed by atoms with Crippen LogP contribution < -0.4 is 10.5 Å². The lowest BCUT2D eigenvalue weighted by Crippen LogP contribution is -2.19. The van der Waals surface area contributed by atoms with Crippen molar-refractivity contribution in [3.8, 4) is 11.3 Å². The van der Waals surface area contributed by atoms with Crippen LogP contribution in [0.3, 0.4) is 0 Å². The number of nitrogens with two attached hydrogens (primary N) is 1. The first-order valence-electron chi connectivity index (χ1n) is 11.1. The summed E-state index contributed by atoms with van der Waals surface area (Å²) in [5.74, 6) is 0.260. The second kappa shape index (κ2) is 9.89. The maximum atomic E-state index is 13.0. The van der Waals surface area contributed by atoms with Crippen molar-refractivity contribution in [2.75, 3.05) is 5.32 Å². The summed E-state index contributed by atoms with van der Waals surface area (Å²) >= 11 is 0. The normalized spacial score (nSPS) is 13.2. The molecule has 2 aromatic carbocycles. The predicted molar refractivity (Wildman–Crippen MR) is 135 cm³/mol. The molecule has 0 radical (unpaired) electrons. The van der Waals surface area contributed by atoms with Crippen LogP contribution in [0.5, 0.6) is 0 Å². The Kier molecular flexibility index (Phi) is 7.39. The summed E-state index contributed by atoms with van der Waals surface area (Å²) in [6, 6.07) is 12.3. The van der Waals surface area contributed by atoms with Gasteiger partial charge in [-0.05, 0) is 65.3 Å². The number of benzene rings is 2. The van der Waals surface area contributed by atoms with Crippen molar-refractivity contribution < 1.29 is 9.00 Å². The lowest BCUT2D eigenvalue weighted by Gasteiger charge is -2.21. The van der Waals surface area contributed by atoms with Crippen molar-refractivity contribution in [1.29, 1.82) is 0 Å². The zero-order chi connectivity index (χ0) is 24.3. The Morgan fingerprint density at radius 1 is 1.09 bits per heavy atom. The highest BCUT2D eigenvalue weighted by Crippen LogP contribution is 2.37. The van der Waals surface area contributed by atoms with Gasteiger partial charge in [-0.15, -0.1) is 4.36 Å². The molecule has 3 N–H and O–H groups in total. The molecule has 1 aromatic heterocycles. The SMILES string of the molecule is CCc1ccc(S(N)(=O)=NC(=O)Nc2c(C(C)C)cc(-c3ccn(C)n3)cc2C(C)C)cc1. The van der Waals surface area contributed by atoms with Crippen molar-refractivity contribution in [3.63, 3.8) is 0 Å². The molecule has 3 aromatic rings. The van der Waals surface area contributed by atoms with Crippen molar-refractivity contribution in [2.45, 2.75) is 57.8 Å². The molecule has 0 spiro atoms. The van der Waals surface area contributed by atoms with Crippen LogP contribution in [0, 0.1) is 0 Å². The van der Waals surface area contributed by atoms with Gasteiger partial charge in [-0.25, -0.2) is 14.1 Å². The van der Waals surface area contributed by atoms with Crippen molar-refractivity contribution in [3.05, 3.63) is 65.4 Å². The summed E-state index contributed by atoms with van der Waals surface area (Å²) in [4.78, 5) is 13.2. The third-order valence-corrected chi connectivity index (χ3v) is 6.96. The number of aryl methyl sites for hydroxylation is 2. The lowest BCUT2D eigenvalue weighted by atomic mass is 9.89. The van der Waals surface area contributed by atoms with E-state index in [0.717, 1.165) is 34.4 Å². The van der Waals surface area contributed by atoms with Gasteiger partial charge in [0, 0.05) is 24.5 Å². The fourth-order valence-electron chi connectivity index (χ4n) is 3.69. The summed E-state index contributed by atoms with van der Waals surface area (Å²) < 4.78 is 18.6. The molecule has 0 aliphatic carbocycles. The average Bonchev–Trinajstić information content (AvgIpc) is 3.19. The smallest absolute Gasteiger partial charge is 0.305 e. The van der Waals surface area contributed by atoms with E-state index >= 15 is 0 Å². The number of carbonyl (C=O) groups excluding carboxylic acids is 1. The summed E-state index contributed by atoms with van der Waals surface area (Å²) in [5, 5.41) is 13.4. The highest BCUT2D eigenvalue weighted by molar-refractivity contribution is 7.91. The molecule has 2 amide bonds. The largest absolute Gasteiger partial charge is 0.354 e. The summed E-state index contributed by atoms with van der Waals surface area (Å²) in [5.41, 5.74) is 5.54. The number of nitrogens with one attached hydrogen (secondary N) is 1. The molecule has 0 aliphatic heterocycles. The predicted octanol–water partition coefficient (Wildman–Crippen LogP) is 5.83. The van der Waals surface area contributed by atoms with Crippen molar-refractivity contribution in [2.24, 2.45) is 16.5 Å². The molecular formula is C25H33N5O2S. The molecule has 0 saturated heterocycles. The number of hydrogen-bond acceptors (Lipinski definition) is 3. The van der Waals surface area contributed by atoms with Crippen molar-refractivity contribution in [1.82, 2.24) is 9.78 Å². The van der Waals surface area contributed by atoms with Gasteiger partial charge in [-0.2, -0.15) is 5.10 Å². The Balaban J connectivity index is 2.03. The minimum atomic E-state index is -3.37. The maximum absolute atomic E-state index is 13.0. The summed E-state index contributed by atoms with van der Waals surface area (Å²) in [7, 11) is -1.49. The summed E-state index contributed by atoms with van der Waals surface area (Å²) in [6.07, 6.45) is 2.76. The number of amides is 2. The molecule has 33 heavy (non-hydrogen) atoms. The van der Waals surface area contributed by atoms with E-state index in [1.54, 1.807) is 16.8 Å². The highest BCUT2D eigenvalue weighted by atomic mass is 32.2. The molecule has 0 bridgehead atoms. The molecule has 0 fully saturated rings. The van der Waals surface area contributed by atoms with Crippen LogP contribution >= 0.6 is 0 Å². The number of urea groups is 1.